The molecule has 18 heavy (non-hydrogen) atoms. The summed E-state index contributed by atoms with van der Waals surface area (Å²) in [4.78, 5) is 0. The largest absolute Gasteiger partial charge is 0.462 e. The fourth-order valence-electron chi connectivity index (χ4n) is 1.81. The summed E-state index contributed by atoms with van der Waals surface area (Å²) in [5, 5.41) is 0. The van der Waals surface area contributed by atoms with Crippen molar-refractivity contribution in [1.29, 1.82) is 0 Å². The van der Waals surface area contributed by atoms with Gasteiger partial charge in [-0.25, -0.2) is 0 Å². The Morgan fingerprint density at radius 1 is 1.33 bits per heavy atom. The second-order valence-electron chi connectivity index (χ2n) is 4.22. The van der Waals surface area contributed by atoms with Crippen molar-refractivity contribution in [2.24, 2.45) is 5.73 Å². The minimum absolute atomic E-state index is 0.248. The predicted molar refractivity (Wildman–Crippen MR) is 74.3 cm³/mol. The van der Waals surface area contributed by atoms with Gasteiger partial charge in [-0.15, -0.1) is 0 Å². The molecule has 96 valence electrons. The first kappa shape index (κ1) is 13.3. The van der Waals surface area contributed by atoms with Crippen molar-refractivity contribution >= 4 is 15.9 Å². The number of halogens is 1. The molecule has 1 aromatic heterocycles. The van der Waals surface area contributed by atoms with Gasteiger partial charge in [0.05, 0.1) is 6.04 Å². The van der Waals surface area contributed by atoms with E-state index in [-0.39, 0.29) is 6.04 Å². The molecule has 0 saturated carbocycles. The van der Waals surface area contributed by atoms with Gasteiger partial charge in [0.1, 0.15) is 18.1 Å². The predicted octanol–water partition coefficient (Wildman–Crippen LogP) is 3.55. The minimum Gasteiger partial charge on any atom is -0.462 e. The highest BCUT2D eigenvalue weighted by molar-refractivity contribution is 9.10. The Bertz CT molecular complexity index is 536. The standard InChI is InChI=1S/C14H16BrNO2/c1-9-7-10(3-5-12(9)15)14(16)13-6-4-11(18-13)8-17-2/h3-7,14H,8,16H2,1-2H3. The van der Waals surface area contributed by atoms with Gasteiger partial charge in [0.25, 0.3) is 0 Å². The number of nitrogens with two attached hydrogens (primary N) is 1. The van der Waals surface area contributed by atoms with Crippen LogP contribution in [-0.2, 0) is 11.3 Å². The van der Waals surface area contributed by atoms with Gasteiger partial charge in [0, 0.05) is 11.6 Å². The molecule has 0 fully saturated rings. The van der Waals surface area contributed by atoms with E-state index in [1.54, 1.807) is 7.11 Å². The average Bonchev–Trinajstić information content (AvgIpc) is 2.81. The summed E-state index contributed by atoms with van der Waals surface area (Å²) in [7, 11) is 1.64. The van der Waals surface area contributed by atoms with Gasteiger partial charge in [0.2, 0.25) is 0 Å². The number of ether oxygens (including phenoxy) is 1. The maximum Gasteiger partial charge on any atom is 0.129 e. The molecule has 4 heteroatoms. The average molecular weight is 310 g/mol. The summed E-state index contributed by atoms with van der Waals surface area (Å²) in [6, 6.07) is 9.61. The molecule has 0 amide bonds. The number of methoxy groups -OCH3 is 1. The molecule has 1 heterocycles. The SMILES string of the molecule is COCc1ccc(C(N)c2ccc(Br)c(C)c2)o1. The highest BCUT2D eigenvalue weighted by Gasteiger charge is 2.14. The van der Waals surface area contributed by atoms with Crippen LogP contribution in [0.5, 0.6) is 0 Å². The van der Waals surface area contributed by atoms with Gasteiger partial charge in [-0.05, 0) is 36.2 Å². The van der Waals surface area contributed by atoms with E-state index in [1.807, 2.05) is 31.2 Å². The molecule has 0 aliphatic rings. The van der Waals surface area contributed by atoms with Crippen molar-refractivity contribution < 1.29 is 9.15 Å². The lowest BCUT2D eigenvalue weighted by atomic mass is 10.0. The van der Waals surface area contributed by atoms with E-state index < -0.39 is 0 Å². The van der Waals surface area contributed by atoms with Crippen molar-refractivity contribution in [3.63, 3.8) is 0 Å². The van der Waals surface area contributed by atoms with Crippen molar-refractivity contribution in [2.45, 2.75) is 19.6 Å². The van der Waals surface area contributed by atoms with Crippen LogP contribution in [0.1, 0.15) is 28.7 Å². The van der Waals surface area contributed by atoms with Crippen LogP contribution in [0.15, 0.2) is 39.2 Å². The van der Waals surface area contributed by atoms with Gasteiger partial charge in [-0.3, -0.25) is 0 Å². The quantitative estimate of drug-likeness (QED) is 0.939. The Morgan fingerprint density at radius 2 is 2.11 bits per heavy atom. The van der Waals surface area contributed by atoms with E-state index in [0.29, 0.717) is 6.61 Å². The lowest BCUT2D eigenvalue weighted by Gasteiger charge is -2.11. The summed E-state index contributed by atoms with van der Waals surface area (Å²) in [5.41, 5.74) is 8.39. The molecule has 1 atom stereocenters. The number of rotatable bonds is 4. The maximum atomic E-state index is 6.19. The molecule has 0 radical (unpaired) electrons. The first-order valence-corrected chi connectivity index (χ1v) is 6.50. The number of benzene rings is 1. The molecule has 0 spiro atoms. The van der Waals surface area contributed by atoms with Gasteiger partial charge in [-0.1, -0.05) is 28.1 Å². The van der Waals surface area contributed by atoms with Crippen LogP contribution >= 0.6 is 15.9 Å². The van der Waals surface area contributed by atoms with E-state index in [1.165, 1.54) is 0 Å². The normalized spacial score (nSPS) is 12.7. The summed E-state index contributed by atoms with van der Waals surface area (Å²) in [6.45, 7) is 2.50. The van der Waals surface area contributed by atoms with E-state index in [0.717, 1.165) is 27.1 Å². The third-order valence-electron chi connectivity index (χ3n) is 2.82. The zero-order valence-electron chi connectivity index (χ0n) is 10.4. The fraction of sp³-hybridized carbons (Fsp3) is 0.286. The highest BCUT2D eigenvalue weighted by atomic mass is 79.9. The molecule has 0 bridgehead atoms. The monoisotopic (exact) mass is 309 g/mol. The van der Waals surface area contributed by atoms with Crippen LogP contribution in [0.4, 0.5) is 0 Å². The van der Waals surface area contributed by atoms with Crippen LogP contribution in [0, 0.1) is 6.92 Å². The molecule has 3 nitrogen and oxygen atoms in total. The van der Waals surface area contributed by atoms with E-state index in [4.69, 9.17) is 14.9 Å². The molecule has 1 aromatic carbocycles. The van der Waals surface area contributed by atoms with Gasteiger partial charge in [-0.2, -0.15) is 0 Å². The molecule has 0 aliphatic carbocycles. The van der Waals surface area contributed by atoms with Crippen molar-refractivity contribution in [3.05, 3.63) is 57.5 Å². The molecule has 2 rings (SSSR count). The van der Waals surface area contributed by atoms with Crippen LogP contribution in [0.2, 0.25) is 0 Å². The van der Waals surface area contributed by atoms with E-state index in [2.05, 4.69) is 22.0 Å². The molecule has 1 unspecified atom stereocenters. The first-order chi connectivity index (χ1) is 8.61. The summed E-state index contributed by atoms with van der Waals surface area (Å²) < 4.78 is 11.8. The third kappa shape index (κ3) is 2.83. The minimum atomic E-state index is -0.248. The fourth-order valence-corrected chi connectivity index (χ4v) is 2.05. The molecular weight excluding hydrogens is 294 g/mol. The van der Waals surface area contributed by atoms with E-state index >= 15 is 0 Å². The van der Waals surface area contributed by atoms with Crippen LogP contribution < -0.4 is 5.73 Å². The van der Waals surface area contributed by atoms with Gasteiger partial charge >= 0.3 is 0 Å². The van der Waals surface area contributed by atoms with E-state index in [9.17, 15) is 0 Å². The summed E-state index contributed by atoms with van der Waals surface area (Å²) >= 11 is 3.48. The summed E-state index contributed by atoms with van der Waals surface area (Å²) in [6.07, 6.45) is 0. The Kier molecular flexibility index (Phi) is 4.22. The smallest absolute Gasteiger partial charge is 0.129 e. The Balaban J connectivity index is 2.23. The van der Waals surface area contributed by atoms with Crippen LogP contribution in [0.3, 0.4) is 0 Å². The first-order valence-electron chi connectivity index (χ1n) is 5.71. The molecule has 2 aromatic rings. The number of hydrogen-bond donors (Lipinski definition) is 1. The summed E-state index contributed by atoms with van der Waals surface area (Å²) in [5.74, 6) is 1.54. The number of hydrogen-bond acceptors (Lipinski definition) is 3. The number of furan rings is 1. The lowest BCUT2D eigenvalue weighted by Crippen LogP contribution is -2.11. The van der Waals surface area contributed by atoms with Crippen molar-refractivity contribution in [3.8, 4) is 0 Å². The van der Waals surface area contributed by atoms with Gasteiger partial charge < -0.3 is 14.9 Å². The Morgan fingerprint density at radius 3 is 2.78 bits per heavy atom. The molecule has 0 aliphatic heterocycles. The molecular formula is C14H16BrNO2. The number of aryl methyl sites for hydroxylation is 1. The Labute approximate surface area is 115 Å². The van der Waals surface area contributed by atoms with Crippen LogP contribution in [0.25, 0.3) is 0 Å². The topological polar surface area (TPSA) is 48.4 Å². The zero-order chi connectivity index (χ0) is 13.1. The highest BCUT2D eigenvalue weighted by Crippen LogP contribution is 2.25. The Hall–Kier alpha value is -1.10. The van der Waals surface area contributed by atoms with Crippen LogP contribution in [-0.4, -0.2) is 7.11 Å². The zero-order valence-corrected chi connectivity index (χ0v) is 12.0. The second kappa shape index (κ2) is 5.69. The molecule has 0 saturated heterocycles. The van der Waals surface area contributed by atoms with Gasteiger partial charge in [0.15, 0.2) is 0 Å². The van der Waals surface area contributed by atoms with Crippen molar-refractivity contribution in [1.82, 2.24) is 0 Å². The third-order valence-corrected chi connectivity index (χ3v) is 3.71. The van der Waals surface area contributed by atoms with Crippen molar-refractivity contribution in [2.75, 3.05) is 7.11 Å². The molecule has 2 N–H and O–H groups in total. The maximum absolute atomic E-state index is 6.19. The lowest BCUT2D eigenvalue weighted by molar-refractivity contribution is 0.162. The second-order valence-corrected chi connectivity index (χ2v) is 5.08.